The first-order valence-corrected chi connectivity index (χ1v) is 5.36. The van der Waals surface area contributed by atoms with E-state index in [-0.39, 0.29) is 4.58 Å². The van der Waals surface area contributed by atoms with Crippen LogP contribution in [-0.2, 0) is 0 Å². The van der Waals surface area contributed by atoms with Crippen LogP contribution in [0.1, 0.15) is 10.1 Å². The molecule has 64 valence electrons. The van der Waals surface area contributed by atoms with Crippen molar-refractivity contribution in [3.05, 3.63) is 48.6 Å². The highest BCUT2D eigenvalue weighted by Gasteiger charge is 2.03. The molecule has 1 aromatic rings. The maximum atomic E-state index is 4.47. The molecule has 0 aliphatic carbocycles. The van der Waals surface area contributed by atoms with Crippen molar-refractivity contribution in [2.45, 2.75) is 4.58 Å². The number of thioether (sulfide) groups is 1. The summed E-state index contributed by atoms with van der Waals surface area (Å²) in [5.41, 5.74) is 1.26. The fourth-order valence-corrected chi connectivity index (χ4v) is 1.97. The molecule has 0 heterocycles. The van der Waals surface area contributed by atoms with Crippen LogP contribution in [0.15, 0.2) is 43.0 Å². The highest BCUT2D eigenvalue weighted by atomic mass is 32.2. The Labute approximate surface area is 83.5 Å². The lowest BCUT2D eigenvalue weighted by Gasteiger charge is -2.08. The molecule has 0 bridgehead atoms. The summed E-state index contributed by atoms with van der Waals surface area (Å²) in [6.45, 7) is 3.67. The van der Waals surface area contributed by atoms with Gasteiger partial charge >= 0.3 is 0 Å². The summed E-state index contributed by atoms with van der Waals surface area (Å²) in [4.78, 5) is 0. The molecule has 0 saturated carbocycles. The third kappa shape index (κ3) is 2.95. The molecular weight excluding hydrogens is 184 g/mol. The second-order valence-electron chi connectivity index (χ2n) is 2.39. The minimum Gasteiger partial charge on any atom is -0.160 e. The van der Waals surface area contributed by atoms with Gasteiger partial charge in [0.2, 0.25) is 0 Å². The zero-order valence-electron chi connectivity index (χ0n) is 6.81. The van der Waals surface area contributed by atoms with E-state index in [9.17, 15) is 0 Å². The van der Waals surface area contributed by atoms with Crippen molar-refractivity contribution in [2.75, 3.05) is 5.75 Å². The van der Waals surface area contributed by atoms with Crippen LogP contribution in [0.25, 0.3) is 0 Å². The first-order chi connectivity index (χ1) is 5.84. The summed E-state index contributed by atoms with van der Waals surface area (Å²) in [5.74, 6) is 0.947. The Balaban J connectivity index is 2.53. The predicted octanol–water partition coefficient (Wildman–Crippen LogP) is 3.53. The molecule has 0 saturated heterocycles. The zero-order valence-corrected chi connectivity index (χ0v) is 8.52. The van der Waals surface area contributed by atoms with Gasteiger partial charge in [-0.3, -0.25) is 0 Å². The molecule has 12 heavy (non-hydrogen) atoms. The molecule has 0 spiro atoms. The molecule has 1 rings (SSSR count). The fraction of sp³-hybridized carbons (Fsp3) is 0.200. The van der Waals surface area contributed by atoms with Gasteiger partial charge in [0.05, 0.1) is 4.58 Å². The number of benzene rings is 1. The summed E-state index contributed by atoms with van der Waals surface area (Å²) in [6, 6.07) is 10.3. The third-order valence-electron chi connectivity index (χ3n) is 1.46. The third-order valence-corrected chi connectivity index (χ3v) is 3.22. The fourth-order valence-electron chi connectivity index (χ4n) is 0.873. The van der Waals surface area contributed by atoms with Crippen molar-refractivity contribution in [1.82, 2.24) is 0 Å². The molecule has 0 amide bonds. The van der Waals surface area contributed by atoms with Gasteiger partial charge in [0.25, 0.3) is 0 Å². The van der Waals surface area contributed by atoms with E-state index in [4.69, 9.17) is 0 Å². The van der Waals surface area contributed by atoms with E-state index in [2.05, 4.69) is 31.3 Å². The Morgan fingerprint density at radius 3 is 2.67 bits per heavy atom. The van der Waals surface area contributed by atoms with Crippen LogP contribution in [-0.4, -0.2) is 5.75 Å². The SMILES string of the molecule is C=CCSC(S)c1ccccc1. The molecule has 0 aliphatic heterocycles. The Bertz CT molecular complexity index is 231. The molecule has 1 aromatic carbocycles. The van der Waals surface area contributed by atoms with Crippen LogP contribution in [0.4, 0.5) is 0 Å². The molecule has 1 atom stereocenters. The van der Waals surface area contributed by atoms with Crippen LogP contribution in [0.3, 0.4) is 0 Å². The first-order valence-electron chi connectivity index (χ1n) is 3.80. The molecule has 0 aliphatic rings. The molecule has 0 radical (unpaired) electrons. The van der Waals surface area contributed by atoms with E-state index in [1.165, 1.54) is 5.56 Å². The van der Waals surface area contributed by atoms with Gasteiger partial charge in [-0.1, -0.05) is 36.4 Å². The Morgan fingerprint density at radius 2 is 2.08 bits per heavy atom. The van der Waals surface area contributed by atoms with Crippen LogP contribution in [0.2, 0.25) is 0 Å². The second kappa shape index (κ2) is 5.33. The molecular formula is C10H12S2. The normalized spacial score (nSPS) is 12.4. The topological polar surface area (TPSA) is 0 Å². The number of thiol groups is 1. The van der Waals surface area contributed by atoms with Gasteiger partial charge in [-0.2, -0.15) is 12.6 Å². The minimum absolute atomic E-state index is 0.268. The minimum atomic E-state index is 0.268. The molecule has 0 N–H and O–H groups in total. The standard InChI is InChI=1S/C10H12S2/c1-2-8-12-10(11)9-6-4-3-5-7-9/h2-7,10-11H,1,8H2. The van der Waals surface area contributed by atoms with Crippen molar-refractivity contribution in [3.8, 4) is 0 Å². The number of rotatable bonds is 4. The Kier molecular flexibility index (Phi) is 4.33. The van der Waals surface area contributed by atoms with Crippen LogP contribution < -0.4 is 0 Å². The lowest BCUT2D eigenvalue weighted by atomic mass is 10.2. The average molecular weight is 196 g/mol. The lowest BCUT2D eigenvalue weighted by Crippen LogP contribution is -1.84. The number of hydrogen-bond acceptors (Lipinski definition) is 2. The Morgan fingerprint density at radius 1 is 1.42 bits per heavy atom. The maximum absolute atomic E-state index is 4.47. The predicted molar refractivity (Wildman–Crippen MR) is 60.8 cm³/mol. The van der Waals surface area contributed by atoms with Gasteiger partial charge in [-0.15, -0.1) is 18.3 Å². The van der Waals surface area contributed by atoms with Crippen molar-refractivity contribution in [1.29, 1.82) is 0 Å². The summed E-state index contributed by atoms with van der Waals surface area (Å²) >= 11 is 6.24. The summed E-state index contributed by atoms with van der Waals surface area (Å²) in [7, 11) is 0. The van der Waals surface area contributed by atoms with Crippen molar-refractivity contribution < 1.29 is 0 Å². The van der Waals surface area contributed by atoms with Crippen LogP contribution in [0.5, 0.6) is 0 Å². The molecule has 0 fully saturated rings. The smallest absolute Gasteiger partial charge is 0.0724 e. The Hall–Kier alpha value is -0.340. The number of hydrogen-bond donors (Lipinski definition) is 1. The monoisotopic (exact) mass is 196 g/mol. The van der Waals surface area contributed by atoms with E-state index in [0.29, 0.717) is 0 Å². The van der Waals surface area contributed by atoms with E-state index < -0.39 is 0 Å². The van der Waals surface area contributed by atoms with E-state index in [0.717, 1.165) is 5.75 Å². The summed E-state index contributed by atoms with van der Waals surface area (Å²) < 4.78 is 0.268. The largest absolute Gasteiger partial charge is 0.160 e. The quantitative estimate of drug-likeness (QED) is 0.436. The van der Waals surface area contributed by atoms with E-state index >= 15 is 0 Å². The molecule has 2 heteroatoms. The van der Waals surface area contributed by atoms with Gasteiger partial charge in [0.1, 0.15) is 0 Å². The van der Waals surface area contributed by atoms with E-state index in [1.807, 2.05) is 24.3 Å². The maximum Gasteiger partial charge on any atom is 0.0724 e. The zero-order chi connectivity index (χ0) is 8.81. The van der Waals surface area contributed by atoms with Gasteiger partial charge in [-0.25, -0.2) is 0 Å². The van der Waals surface area contributed by atoms with Crippen molar-refractivity contribution in [3.63, 3.8) is 0 Å². The van der Waals surface area contributed by atoms with Crippen LogP contribution in [0, 0.1) is 0 Å². The first kappa shape index (κ1) is 9.75. The van der Waals surface area contributed by atoms with Crippen LogP contribution >= 0.6 is 24.4 Å². The average Bonchev–Trinajstić information content (AvgIpc) is 2.15. The molecule has 0 aromatic heterocycles. The van der Waals surface area contributed by atoms with Gasteiger partial charge in [0, 0.05) is 5.75 Å². The van der Waals surface area contributed by atoms with Gasteiger partial charge in [0.15, 0.2) is 0 Å². The second-order valence-corrected chi connectivity index (χ2v) is 4.39. The van der Waals surface area contributed by atoms with Crippen molar-refractivity contribution in [2.24, 2.45) is 0 Å². The van der Waals surface area contributed by atoms with Gasteiger partial charge < -0.3 is 0 Å². The molecule has 1 unspecified atom stereocenters. The van der Waals surface area contributed by atoms with Gasteiger partial charge in [-0.05, 0) is 5.56 Å². The highest BCUT2D eigenvalue weighted by Crippen LogP contribution is 2.31. The highest BCUT2D eigenvalue weighted by molar-refractivity contribution is 8.09. The molecule has 0 nitrogen and oxygen atoms in total. The van der Waals surface area contributed by atoms with Crippen molar-refractivity contribution >= 4 is 24.4 Å². The lowest BCUT2D eigenvalue weighted by molar-refractivity contribution is 1.39. The van der Waals surface area contributed by atoms with E-state index in [1.54, 1.807) is 11.8 Å². The summed E-state index contributed by atoms with van der Waals surface area (Å²) in [6.07, 6.45) is 1.90. The summed E-state index contributed by atoms with van der Waals surface area (Å²) in [5, 5.41) is 0.